The molecule has 0 bridgehead atoms. The number of amides is 1. The Morgan fingerprint density at radius 1 is 1.45 bits per heavy atom. The fourth-order valence-electron chi connectivity index (χ4n) is 1.97. The molecule has 1 aromatic carbocycles. The lowest BCUT2D eigenvalue weighted by Crippen LogP contribution is -2.12. The second-order valence-corrected chi connectivity index (χ2v) is 5.73. The lowest BCUT2D eigenvalue weighted by molar-refractivity contribution is -0.117. The number of thiazole rings is 1. The molecule has 1 amide bonds. The van der Waals surface area contributed by atoms with Crippen molar-refractivity contribution in [1.82, 2.24) is 4.98 Å². The number of anilines is 2. The molecule has 0 atom stereocenters. The first kappa shape index (κ1) is 12.9. The molecule has 0 aliphatic heterocycles. The number of nitrogens with zero attached hydrogens (tertiary/aromatic N) is 1. The number of hydrogen-bond donors (Lipinski definition) is 2. The van der Waals surface area contributed by atoms with E-state index >= 15 is 0 Å². The molecule has 20 heavy (non-hydrogen) atoms. The zero-order chi connectivity index (χ0) is 14.1. The molecule has 1 aliphatic carbocycles. The van der Waals surface area contributed by atoms with Crippen molar-refractivity contribution in [3.05, 3.63) is 24.3 Å². The van der Waals surface area contributed by atoms with Crippen LogP contribution < -0.4 is 15.8 Å². The third-order valence-corrected chi connectivity index (χ3v) is 3.99. The molecule has 3 N–H and O–H groups in total. The van der Waals surface area contributed by atoms with Crippen molar-refractivity contribution in [2.45, 2.75) is 12.8 Å². The largest absolute Gasteiger partial charge is 0.496 e. The van der Waals surface area contributed by atoms with Crippen LogP contribution in [-0.4, -0.2) is 18.0 Å². The van der Waals surface area contributed by atoms with Crippen molar-refractivity contribution in [2.24, 2.45) is 5.92 Å². The molecular formula is C14H15N3O2S. The maximum Gasteiger partial charge on any atom is 0.229 e. The van der Waals surface area contributed by atoms with Gasteiger partial charge in [-0.15, -0.1) is 0 Å². The predicted octanol–water partition coefficient (Wildman–Crippen LogP) is 2.75. The number of carbonyl (C=O) groups is 1. The molecular weight excluding hydrogens is 274 g/mol. The zero-order valence-corrected chi connectivity index (χ0v) is 11.9. The summed E-state index contributed by atoms with van der Waals surface area (Å²) in [6.45, 7) is 0. The third kappa shape index (κ3) is 2.46. The Balaban J connectivity index is 1.90. The van der Waals surface area contributed by atoms with Gasteiger partial charge in [0, 0.05) is 11.5 Å². The minimum atomic E-state index is 0.0327. The third-order valence-electron chi connectivity index (χ3n) is 3.19. The predicted molar refractivity (Wildman–Crippen MR) is 79.9 cm³/mol. The Hall–Kier alpha value is -2.08. The van der Waals surface area contributed by atoms with Gasteiger partial charge in [0.05, 0.1) is 7.11 Å². The highest BCUT2D eigenvalue weighted by molar-refractivity contribution is 7.20. The molecule has 0 spiro atoms. The highest BCUT2D eigenvalue weighted by atomic mass is 32.1. The SMILES string of the molecule is COc1ccccc1-c1nc(NC(=O)C2CC2)sc1N. The van der Waals surface area contributed by atoms with Gasteiger partial charge in [-0.05, 0) is 25.0 Å². The molecule has 1 saturated carbocycles. The number of nitrogens with two attached hydrogens (primary N) is 1. The zero-order valence-electron chi connectivity index (χ0n) is 11.1. The Bertz CT molecular complexity index is 650. The highest BCUT2D eigenvalue weighted by Crippen LogP contribution is 2.38. The average Bonchev–Trinajstić information content (AvgIpc) is 3.24. The van der Waals surface area contributed by atoms with E-state index in [1.807, 2.05) is 24.3 Å². The number of rotatable bonds is 4. The van der Waals surface area contributed by atoms with Gasteiger partial charge in [-0.2, -0.15) is 0 Å². The number of benzene rings is 1. The van der Waals surface area contributed by atoms with Crippen LogP contribution in [0.15, 0.2) is 24.3 Å². The lowest BCUT2D eigenvalue weighted by Gasteiger charge is -2.05. The first-order valence-corrected chi connectivity index (χ1v) is 7.21. The molecule has 1 fully saturated rings. The minimum Gasteiger partial charge on any atom is -0.496 e. The molecule has 0 unspecified atom stereocenters. The maximum absolute atomic E-state index is 11.7. The molecule has 6 heteroatoms. The fraction of sp³-hybridized carbons (Fsp3) is 0.286. The number of nitrogens with one attached hydrogen (secondary N) is 1. The maximum atomic E-state index is 11.7. The van der Waals surface area contributed by atoms with E-state index < -0.39 is 0 Å². The lowest BCUT2D eigenvalue weighted by atomic mass is 10.1. The average molecular weight is 289 g/mol. The van der Waals surface area contributed by atoms with E-state index in [0.29, 0.717) is 21.6 Å². The number of aromatic nitrogens is 1. The van der Waals surface area contributed by atoms with Crippen LogP contribution in [-0.2, 0) is 4.79 Å². The summed E-state index contributed by atoms with van der Waals surface area (Å²) in [5.41, 5.74) is 7.49. The summed E-state index contributed by atoms with van der Waals surface area (Å²) >= 11 is 1.28. The first-order valence-electron chi connectivity index (χ1n) is 6.39. The number of methoxy groups -OCH3 is 1. The molecule has 0 saturated heterocycles. The smallest absolute Gasteiger partial charge is 0.229 e. The van der Waals surface area contributed by atoms with Gasteiger partial charge in [-0.1, -0.05) is 23.5 Å². The molecule has 1 aromatic heterocycles. The van der Waals surface area contributed by atoms with Crippen LogP contribution in [0.3, 0.4) is 0 Å². The van der Waals surface area contributed by atoms with Gasteiger partial charge in [-0.3, -0.25) is 4.79 Å². The van der Waals surface area contributed by atoms with Gasteiger partial charge in [0.1, 0.15) is 16.4 Å². The van der Waals surface area contributed by atoms with E-state index in [4.69, 9.17) is 10.5 Å². The molecule has 3 rings (SSSR count). The second kappa shape index (κ2) is 5.13. The quantitative estimate of drug-likeness (QED) is 0.907. The van der Waals surface area contributed by atoms with Crippen LogP contribution in [0.1, 0.15) is 12.8 Å². The van der Waals surface area contributed by atoms with Gasteiger partial charge in [0.2, 0.25) is 5.91 Å². The Labute approximate surface area is 120 Å². The van der Waals surface area contributed by atoms with Gasteiger partial charge >= 0.3 is 0 Å². The van der Waals surface area contributed by atoms with Gasteiger partial charge < -0.3 is 15.8 Å². The van der Waals surface area contributed by atoms with E-state index in [-0.39, 0.29) is 11.8 Å². The monoisotopic (exact) mass is 289 g/mol. The van der Waals surface area contributed by atoms with Crippen LogP contribution in [0.5, 0.6) is 5.75 Å². The molecule has 2 aromatic rings. The van der Waals surface area contributed by atoms with E-state index in [2.05, 4.69) is 10.3 Å². The van der Waals surface area contributed by atoms with E-state index in [1.54, 1.807) is 7.11 Å². The molecule has 1 heterocycles. The molecule has 5 nitrogen and oxygen atoms in total. The summed E-state index contributed by atoms with van der Waals surface area (Å²) in [7, 11) is 1.61. The van der Waals surface area contributed by atoms with Crippen molar-refractivity contribution in [1.29, 1.82) is 0 Å². The van der Waals surface area contributed by atoms with Crippen molar-refractivity contribution >= 4 is 27.4 Å². The topological polar surface area (TPSA) is 77.2 Å². The van der Waals surface area contributed by atoms with Gasteiger partial charge in [-0.25, -0.2) is 4.98 Å². The normalized spacial score (nSPS) is 14.1. The summed E-state index contributed by atoms with van der Waals surface area (Å²) < 4.78 is 5.32. The van der Waals surface area contributed by atoms with Crippen molar-refractivity contribution in [2.75, 3.05) is 18.2 Å². The molecule has 0 radical (unpaired) electrons. The summed E-state index contributed by atoms with van der Waals surface area (Å²) in [6, 6.07) is 7.55. The summed E-state index contributed by atoms with van der Waals surface area (Å²) in [4.78, 5) is 16.2. The molecule has 1 aliphatic rings. The number of hydrogen-bond acceptors (Lipinski definition) is 5. The Morgan fingerprint density at radius 3 is 2.90 bits per heavy atom. The summed E-state index contributed by atoms with van der Waals surface area (Å²) in [5, 5.41) is 3.93. The molecule has 104 valence electrons. The standard InChI is InChI=1S/C14H15N3O2S/c1-19-10-5-3-2-4-9(10)11-12(15)20-14(16-11)17-13(18)8-6-7-8/h2-5,8H,6-7,15H2,1H3,(H,16,17,18). The minimum absolute atomic E-state index is 0.0327. The van der Waals surface area contributed by atoms with Gasteiger partial charge in [0.15, 0.2) is 5.13 Å². The van der Waals surface area contributed by atoms with Crippen LogP contribution in [0.2, 0.25) is 0 Å². The second-order valence-electron chi connectivity index (χ2n) is 4.70. The Morgan fingerprint density at radius 2 is 2.20 bits per heavy atom. The van der Waals surface area contributed by atoms with E-state index in [9.17, 15) is 4.79 Å². The van der Waals surface area contributed by atoms with Crippen LogP contribution in [0, 0.1) is 5.92 Å². The highest BCUT2D eigenvalue weighted by Gasteiger charge is 2.30. The number of nitrogen functional groups attached to an aromatic ring is 1. The summed E-state index contributed by atoms with van der Waals surface area (Å²) in [5.74, 6) is 0.893. The van der Waals surface area contributed by atoms with E-state index in [0.717, 1.165) is 18.4 Å². The summed E-state index contributed by atoms with van der Waals surface area (Å²) in [6.07, 6.45) is 1.93. The van der Waals surface area contributed by atoms with Crippen LogP contribution in [0.4, 0.5) is 10.1 Å². The van der Waals surface area contributed by atoms with E-state index in [1.165, 1.54) is 11.3 Å². The van der Waals surface area contributed by atoms with Crippen LogP contribution in [0.25, 0.3) is 11.3 Å². The van der Waals surface area contributed by atoms with Crippen molar-refractivity contribution in [3.8, 4) is 17.0 Å². The van der Waals surface area contributed by atoms with Crippen LogP contribution >= 0.6 is 11.3 Å². The Kier molecular flexibility index (Phi) is 3.31. The van der Waals surface area contributed by atoms with Crippen molar-refractivity contribution in [3.63, 3.8) is 0 Å². The number of ether oxygens (including phenoxy) is 1. The fourth-order valence-corrected chi connectivity index (χ4v) is 2.72. The van der Waals surface area contributed by atoms with Gasteiger partial charge in [0.25, 0.3) is 0 Å². The van der Waals surface area contributed by atoms with Crippen molar-refractivity contribution < 1.29 is 9.53 Å². The number of para-hydroxylation sites is 1. The first-order chi connectivity index (χ1) is 9.69. The number of carbonyl (C=O) groups excluding carboxylic acids is 1.